The molecule has 1 aromatic heterocycles. The van der Waals surface area contributed by atoms with E-state index >= 15 is 0 Å². The number of anilines is 5. The number of hydrogen-bond acceptors (Lipinski definition) is 7. The maximum absolute atomic E-state index is 6.40. The fourth-order valence-corrected chi connectivity index (χ4v) is 3.64. The Hall–Kier alpha value is -3.00. The van der Waals surface area contributed by atoms with Crippen LogP contribution in [0.3, 0.4) is 0 Å². The number of nitrogens with two attached hydrogens (primary N) is 1. The van der Waals surface area contributed by atoms with Crippen LogP contribution in [0.5, 0.6) is 5.75 Å². The van der Waals surface area contributed by atoms with E-state index in [2.05, 4.69) is 53.1 Å². The predicted octanol–water partition coefficient (Wildman–Crippen LogP) is 3.90. The molecule has 3 aromatic rings. The van der Waals surface area contributed by atoms with Crippen LogP contribution in [0.15, 0.2) is 59.3 Å². The van der Waals surface area contributed by atoms with Crippen LogP contribution < -0.4 is 25.6 Å². The first-order chi connectivity index (χ1) is 14.1. The lowest BCUT2D eigenvalue weighted by Crippen LogP contribution is -2.47. The van der Waals surface area contributed by atoms with Gasteiger partial charge in [-0.25, -0.2) is 9.97 Å². The van der Waals surface area contributed by atoms with Crippen LogP contribution in [0.25, 0.3) is 0 Å². The summed E-state index contributed by atoms with van der Waals surface area (Å²) in [4.78, 5) is 13.3. The van der Waals surface area contributed by atoms with Crippen LogP contribution in [0.1, 0.15) is 0 Å². The van der Waals surface area contributed by atoms with Gasteiger partial charge in [-0.3, -0.25) is 0 Å². The van der Waals surface area contributed by atoms with Crippen LogP contribution in [-0.2, 0) is 0 Å². The third-order valence-electron chi connectivity index (χ3n) is 4.99. The Morgan fingerprint density at radius 2 is 1.59 bits per heavy atom. The van der Waals surface area contributed by atoms with Crippen molar-refractivity contribution < 1.29 is 4.74 Å². The molecule has 0 spiro atoms. The third-order valence-corrected chi connectivity index (χ3v) is 5.52. The SMILES string of the molecule is COc1ccc(N2CCN(c3ncnc(Nc4ccc(Br)cc4)c3N)CC2)cc1. The monoisotopic (exact) mass is 454 g/mol. The zero-order valence-electron chi connectivity index (χ0n) is 16.2. The maximum atomic E-state index is 6.40. The van der Waals surface area contributed by atoms with Crippen molar-refractivity contribution >= 4 is 44.6 Å². The van der Waals surface area contributed by atoms with Crippen molar-refractivity contribution in [3.05, 3.63) is 59.3 Å². The number of ether oxygens (including phenoxy) is 1. The van der Waals surface area contributed by atoms with Crippen molar-refractivity contribution in [2.45, 2.75) is 0 Å². The number of nitrogens with one attached hydrogen (secondary N) is 1. The van der Waals surface area contributed by atoms with E-state index in [0.717, 1.165) is 47.9 Å². The van der Waals surface area contributed by atoms with Gasteiger partial charge in [0.15, 0.2) is 11.6 Å². The second-order valence-electron chi connectivity index (χ2n) is 6.76. The van der Waals surface area contributed by atoms with Crippen LogP contribution >= 0.6 is 15.9 Å². The zero-order chi connectivity index (χ0) is 20.2. The molecule has 29 heavy (non-hydrogen) atoms. The number of hydrogen-bond donors (Lipinski definition) is 2. The summed E-state index contributed by atoms with van der Waals surface area (Å²) in [5.74, 6) is 2.26. The molecule has 1 saturated heterocycles. The molecule has 1 aliphatic rings. The van der Waals surface area contributed by atoms with Crippen LogP contribution in [0.2, 0.25) is 0 Å². The van der Waals surface area contributed by atoms with E-state index < -0.39 is 0 Å². The summed E-state index contributed by atoms with van der Waals surface area (Å²) in [5, 5.41) is 3.28. The molecule has 0 saturated carbocycles. The Kier molecular flexibility index (Phi) is 5.71. The summed E-state index contributed by atoms with van der Waals surface area (Å²) in [6, 6.07) is 16.0. The summed E-state index contributed by atoms with van der Waals surface area (Å²) in [6.45, 7) is 3.46. The first kappa shape index (κ1) is 19.3. The van der Waals surface area contributed by atoms with Gasteiger partial charge in [0.25, 0.3) is 0 Å². The molecule has 150 valence electrons. The van der Waals surface area contributed by atoms with Gasteiger partial charge in [0.05, 0.1) is 7.11 Å². The number of nitrogen functional groups attached to an aromatic ring is 1. The second kappa shape index (κ2) is 8.57. The molecule has 0 radical (unpaired) electrons. The minimum Gasteiger partial charge on any atom is -0.497 e. The highest BCUT2D eigenvalue weighted by Crippen LogP contribution is 2.30. The van der Waals surface area contributed by atoms with E-state index in [1.54, 1.807) is 13.4 Å². The van der Waals surface area contributed by atoms with Crippen LogP contribution in [0.4, 0.5) is 28.7 Å². The van der Waals surface area contributed by atoms with Crippen molar-refractivity contribution in [2.24, 2.45) is 0 Å². The molecule has 1 aliphatic heterocycles. The molecule has 0 atom stereocenters. The first-order valence-electron chi connectivity index (χ1n) is 9.41. The molecule has 7 nitrogen and oxygen atoms in total. The highest BCUT2D eigenvalue weighted by molar-refractivity contribution is 9.10. The molecule has 8 heteroatoms. The molecular weight excluding hydrogens is 432 g/mol. The molecule has 4 rings (SSSR count). The quantitative estimate of drug-likeness (QED) is 0.604. The highest BCUT2D eigenvalue weighted by atomic mass is 79.9. The van der Waals surface area contributed by atoms with Gasteiger partial charge in [-0.15, -0.1) is 0 Å². The fraction of sp³-hybridized carbons (Fsp3) is 0.238. The number of piperazine rings is 1. The van der Waals surface area contributed by atoms with E-state index in [-0.39, 0.29) is 0 Å². The van der Waals surface area contributed by atoms with Gasteiger partial charge in [0.2, 0.25) is 0 Å². The van der Waals surface area contributed by atoms with E-state index in [9.17, 15) is 0 Å². The number of halogens is 1. The Bertz CT molecular complexity index is 956. The molecule has 0 amide bonds. The fourth-order valence-electron chi connectivity index (χ4n) is 3.38. The van der Waals surface area contributed by atoms with Gasteiger partial charge in [-0.05, 0) is 48.5 Å². The normalized spacial score (nSPS) is 14.0. The molecule has 0 aliphatic carbocycles. The highest BCUT2D eigenvalue weighted by Gasteiger charge is 2.21. The minimum atomic E-state index is 0.563. The van der Waals surface area contributed by atoms with Crippen molar-refractivity contribution in [1.29, 1.82) is 0 Å². The topological polar surface area (TPSA) is 79.5 Å². The Morgan fingerprint density at radius 1 is 0.931 bits per heavy atom. The van der Waals surface area contributed by atoms with Crippen LogP contribution in [0, 0.1) is 0 Å². The average molecular weight is 455 g/mol. The molecule has 1 fully saturated rings. The lowest BCUT2D eigenvalue weighted by molar-refractivity contribution is 0.415. The van der Waals surface area contributed by atoms with Crippen molar-refractivity contribution in [2.75, 3.05) is 54.1 Å². The third kappa shape index (κ3) is 4.37. The van der Waals surface area contributed by atoms with Crippen molar-refractivity contribution in [1.82, 2.24) is 9.97 Å². The maximum Gasteiger partial charge on any atom is 0.159 e. The summed E-state index contributed by atoms with van der Waals surface area (Å²) in [5.41, 5.74) is 9.09. The number of aromatic nitrogens is 2. The first-order valence-corrected chi connectivity index (χ1v) is 10.2. The Morgan fingerprint density at radius 3 is 2.24 bits per heavy atom. The number of benzene rings is 2. The molecule has 3 N–H and O–H groups in total. The van der Waals surface area contributed by atoms with Gasteiger partial charge in [0.1, 0.15) is 17.8 Å². The number of rotatable bonds is 5. The lowest BCUT2D eigenvalue weighted by Gasteiger charge is -2.37. The molecule has 0 bridgehead atoms. The van der Waals surface area contributed by atoms with E-state index in [1.807, 2.05) is 36.4 Å². The molecule has 2 heterocycles. The van der Waals surface area contributed by atoms with Gasteiger partial charge in [-0.1, -0.05) is 15.9 Å². The zero-order valence-corrected chi connectivity index (χ0v) is 17.8. The lowest BCUT2D eigenvalue weighted by atomic mass is 10.2. The smallest absolute Gasteiger partial charge is 0.159 e. The Labute approximate surface area is 178 Å². The van der Waals surface area contributed by atoms with E-state index in [0.29, 0.717) is 11.5 Å². The van der Waals surface area contributed by atoms with E-state index in [4.69, 9.17) is 10.5 Å². The standard InChI is InChI=1S/C21H23BrN6O/c1-29-18-8-6-17(7-9-18)27-10-12-28(13-11-27)21-19(23)20(24-14-25-21)26-16-4-2-15(22)3-5-16/h2-9,14H,10-13,23H2,1H3,(H,24,25,26). The van der Waals surface area contributed by atoms with Crippen molar-refractivity contribution in [3.8, 4) is 5.75 Å². The van der Waals surface area contributed by atoms with Crippen LogP contribution in [-0.4, -0.2) is 43.3 Å². The average Bonchev–Trinajstić information content (AvgIpc) is 2.77. The van der Waals surface area contributed by atoms with E-state index in [1.165, 1.54) is 5.69 Å². The van der Waals surface area contributed by atoms with Gasteiger partial charge in [-0.2, -0.15) is 0 Å². The summed E-state index contributed by atoms with van der Waals surface area (Å²) in [6.07, 6.45) is 1.56. The molecule has 0 unspecified atom stereocenters. The number of methoxy groups -OCH3 is 1. The van der Waals surface area contributed by atoms with Gasteiger partial charge in [0, 0.05) is 42.0 Å². The molecular formula is C21H23BrN6O. The number of nitrogens with zero attached hydrogens (tertiary/aromatic N) is 4. The van der Waals surface area contributed by atoms with Gasteiger partial charge >= 0.3 is 0 Å². The predicted molar refractivity (Wildman–Crippen MR) is 121 cm³/mol. The largest absolute Gasteiger partial charge is 0.497 e. The summed E-state index contributed by atoms with van der Waals surface area (Å²) in [7, 11) is 1.68. The van der Waals surface area contributed by atoms with Gasteiger partial charge < -0.3 is 25.6 Å². The minimum absolute atomic E-state index is 0.563. The molecule has 2 aromatic carbocycles. The summed E-state index contributed by atoms with van der Waals surface area (Å²) < 4.78 is 6.26. The summed E-state index contributed by atoms with van der Waals surface area (Å²) >= 11 is 3.44. The Balaban J connectivity index is 1.44. The second-order valence-corrected chi connectivity index (χ2v) is 7.68. The van der Waals surface area contributed by atoms with Crippen molar-refractivity contribution in [3.63, 3.8) is 0 Å².